The van der Waals surface area contributed by atoms with Gasteiger partial charge in [-0.25, -0.2) is 0 Å². The van der Waals surface area contributed by atoms with Gasteiger partial charge in [0.15, 0.2) is 0 Å². The molecule has 0 heterocycles. The number of phenols is 1. The summed E-state index contributed by atoms with van der Waals surface area (Å²) in [5.74, 6) is -1.73. The van der Waals surface area contributed by atoms with Gasteiger partial charge in [0.25, 0.3) is 5.91 Å². The smallest absolute Gasteiger partial charge is 0.419 e. The molecule has 3 N–H and O–H groups in total. The molecule has 0 atom stereocenters. The summed E-state index contributed by atoms with van der Waals surface area (Å²) >= 11 is 3.71. The number of nitrogens with two attached hydrogens (primary N) is 1. The molecule has 0 aliphatic rings. The van der Waals surface area contributed by atoms with E-state index in [2.05, 4.69) is 12.6 Å². The zero-order valence-corrected chi connectivity index (χ0v) is 9.22. The summed E-state index contributed by atoms with van der Waals surface area (Å²) in [5.41, 5.74) is 3.77. The summed E-state index contributed by atoms with van der Waals surface area (Å²) in [6, 6.07) is 2.80. The molecule has 1 aromatic carbocycles. The van der Waals surface area contributed by atoms with Crippen LogP contribution in [-0.2, 0) is 11.0 Å². The lowest BCUT2D eigenvalue weighted by Gasteiger charge is -2.09. The SMILES string of the molecule is NC(=O)/C(S)=C/c1ccc(O)c(C(F)(F)F)c1. The van der Waals surface area contributed by atoms with Gasteiger partial charge in [-0.1, -0.05) is 6.07 Å². The van der Waals surface area contributed by atoms with Gasteiger partial charge in [0.2, 0.25) is 0 Å². The van der Waals surface area contributed by atoms with Gasteiger partial charge < -0.3 is 10.8 Å². The van der Waals surface area contributed by atoms with Crippen molar-refractivity contribution in [2.75, 3.05) is 0 Å². The Bertz CT molecular complexity index is 483. The average Bonchev–Trinajstić information content (AvgIpc) is 2.19. The zero-order valence-electron chi connectivity index (χ0n) is 8.32. The number of carbonyl (C=O) groups excluding carboxylic acids is 1. The van der Waals surface area contributed by atoms with E-state index in [1.807, 2.05) is 0 Å². The second-order valence-electron chi connectivity index (χ2n) is 3.17. The number of carbonyl (C=O) groups is 1. The summed E-state index contributed by atoms with van der Waals surface area (Å²) in [6.45, 7) is 0. The number of primary amides is 1. The van der Waals surface area contributed by atoms with E-state index in [1.165, 1.54) is 6.07 Å². The minimum atomic E-state index is -4.67. The highest BCUT2D eigenvalue weighted by atomic mass is 32.1. The highest BCUT2D eigenvalue weighted by Gasteiger charge is 2.33. The van der Waals surface area contributed by atoms with Crippen molar-refractivity contribution in [2.24, 2.45) is 5.73 Å². The van der Waals surface area contributed by atoms with Crippen LogP contribution in [0.1, 0.15) is 11.1 Å². The lowest BCUT2D eigenvalue weighted by Crippen LogP contribution is -2.10. The molecule has 0 aliphatic heterocycles. The third kappa shape index (κ3) is 3.42. The number of benzene rings is 1. The number of hydrogen-bond acceptors (Lipinski definition) is 3. The van der Waals surface area contributed by atoms with Crippen molar-refractivity contribution in [3.8, 4) is 5.75 Å². The summed E-state index contributed by atoms with van der Waals surface area (Å²) in [4.78, 5) is 10.5. The maximum absolute atomic E-state index is 12.4. The van der Waals surface area contributed by atoms with Crippen LogP contribution in [0.25, 0.3) is 6.08 Å². The fraction of sp³-hybridized carbons (Fsp3) is 0.100. The van der Waals surface area contributed by atoms with Gasteiger partial charge in [-0.3, -0.25) is 4.79 Å². The summed E-state index contributed by atoms with van der Waals surface area (Å²) in [5, 5.41) is 9.06. The highest BCUT2D eigenvalue weighted by Crippen LogP contribution is 2.36. The predicted octanol–water partition coefficient (Wildman–Crippen LogP) is 2.17. The van der Waals surface area contributed by atoms with E-state index in [4.69, 9.17) is 10.8 Å². The third-order valence-electron chi connectivity index (χ3n) is 1.88. The maximum Gasteiger partial charge on any atom is 0.419 e. The fourth-order valence-electron chi connectivity index (χ4n) is 1.10. The van der Waals surface area contributed by atoms with Crippen molar-refractivity contribution in [3.05, 3.63) is 34.2 Å². The summed E-state index contributed by atoms with van der Waals surface area (Å²) < 4.78 is 37.3. The van der Waals surface area contributed by atoms with Crippen LogP contribution in [0.3, 0.4) is 0 Å². The molecule has 1 rings (SSSR count). The van der Waals surface area contributed by atoms with Crippen LogP contribution in [0, 0.1) is 0 Å². The first-order valence-corrected chi connectivity index (χ1v) is 4.77. The Kier molecular flexibility index (Phi) is 3.72. The van der Waals surface area contributed by atoms with Crippen LogP contribution in [0.4, 0.5) is 13.2 Å². The number of hydrogen-bond donors (Lipinski definition) is 3. The standard InChI is InChI=1S/C10H8F3NO2S/c11-10(12,13)6-3-5(1-2-7(6)15)4-8(17)9(14)16/h1-4,15,17H,(H2,14,16)/b8-4-. The van der Waals surface area contributed by atoms with Gasteiger partial charge in [-0.15, -0.1) is 12.6 Å². The Morgan fingerprint density at radius 2 is 2.00 bits per heavy atom. The van der Waals surface area contributed by atoms with Crippen LogP contribution >= 0.6 is 12.6 Å². The first-order chi connectivity index (χ1) is 7.71. The van der Waals surface area contributed by atoms with Gasteiger partial charge in [0.05, 0.1) is 10.5 Å². The molecule has 0 bridgehead atoms. The van der Waals surface area contributed by atoms with Crippen molar-refractivity contribution in [1.82, 2.24) is 0 Å². The Morgan fingerprint density at radius 1 is 1.41 bits per heavy atom. The van der Waals surface area contributed by atoms with E-state index in [0.717, 1.165) is 12.1 Å². The molecule has 0 aliphatic carbocycles. The molecule has 0 spiro atoms. The van der Waals surface area contributed by atoms with Crippen LogP contribution in [0.15, 0.2) is 23.1 Å². The van der Waals surface area contributed by atoms with Gasteiger partial charge in [0, 0.05) is 0 Å². The Morgan fingerprint density at radius 3 is 2.47 bits per heavy atom. The molecule has 3 nitrogen and oxygen atoms in total. The lowest BCUT2D eigenvalue weighted by molar-refractivity contribution is -0.138. The minimum absolute atomic E-state index is 0.0684. The zero-order chi connectivity index (χ0) is 13.2. The van der Waals surface area contributed by atoms with E-state index in [9.17, 15) is 18.0 Å². The van der Waals surface area contributed by atoms with Crippen molar-refractivity contribution in [1.29, 1.82) is 0 Å². The van der Waals surface area contributed by atoms with E-state index in [-0.39, 0.29) is 10.5 Å². The minimum Gasteiger partial charge on any atom is -0.507 e. The number of rotatable bonds is 2. The number of aromatic hydroxyl groups is 1. The molecule has 17 heavy (non-hydrogen) atoms. The van der Waals surface area contributed by atoms with Crippen molar-refractivity contribution in [3.63, 3.8) is 0 Å². The number of amides is 1. The Labute approximate surface area is 100 Å². The van der Waals surface area contributed by atoms with Gasteiger partial charge in [0.1, 0.15) is 5.75 Å². The quantitative estimate of drug-likeness (QED) is 0.565. The highest BCUT2D eigenvalue weighted by molar-refractivity contribution is 7.85. The molecule has 0 fully saturated rings. The third-order valence-corrected chi connectivity index (χ3v) is 2.23. The largest absolute Gasteiger partial charge is 0.507 e. The molecule has 7 heteroatoms. The van der Waals surface area contributed by atoms with Crippen molar-refractivity contribution >= 4 is 24.6 Å². The van der Waals surface area contributed by atoms with Crippen LogP contribution in [-0.4, -0.2) is 11.0 Å². The van der Waals surface area contributed by atoms with Crippen molar-refractivity contribution < 1.29 is 23.1 Å². The molecule has 0 aromatic heterocycles. The Hall–Kier alpha value is -1.63. The molecule has 0 radical (unpaired) electrons. The predicted molar refractivity (Wildman–Crippen MR) is 59.3 cm³/mol. The topological polar surface area (TPSA) is 63.3 Å². The second-order valence-corrected chi connectivity index (χ2v) is 3.65. The Balaban J connectivity index is 3.23. The van der Waals surface area contributed by atoms with Crippen LogP contribution < -0.4 is 5.73 Å². The fourth-order valence-corrected chi connectivity index (χ4v) is 1.25. The van der Waals surface area contributed by atoms with Crippen molar-refractivity contribution in [2.45, 2.75) is 6.18 Å². The first-order valence-electron chi connectivity index (χ1n) is 4.32. The molecule has 0 unspecified atom stereocenters. The normalized spacial score (nSPS) is 12.6. The van der Waals surface area contributed by atoms with E-state index in [0.29, 0.717) is 6.07 Å². The first kappa shape index (κ1) is 13.4. The van der Waals surface area contributed by atoms with E-state index in [1.54, 1.807) is 0 Å². The number of alkyl halides is 3. The molecule has 1 amide bonds. The van der Waals surface area contributed by atoms with Gasteiger partial charge in [-0.2, -0.15) is 13.2 Å². The average molecular weight is 263 g/mol. The van der Waals surface area contributed by atoms with E-state index < -0.39 is 23.4 Å². The number of thiol groups is 1. The molecule has 0 saturated carbocycles. The van der Waals surface area contributed by atoms with Gasteiger partial charge in [-0.05, 0) is 23.8 Å². The van der Waals surface area contributed by atoms with E-state index >= 15 is 0 Å². The lowest BCUT2D eigenvalue weighted by atomic mass is 10.1. The maximum atomic E-state index is 12.4. The summed E-state index contributed by atoms with van der Waals surface area (Å²) in [6.07, 6.45) is -3.59. The van der Waals surface area contributed by atoms with Crippen LogP contribution in [0.2, 0.25) is 0 Å². The molecule has 1 aromatic rings. The number of halogens is 3. The monoisotopic (exact) mass is 263 g/mol. The van der Waals surface area contributed by atoms with Crippen LogP contribution in [0.5, 0.6) is 5.75 Å². The van der Waals surface area contributed by atoms with Gasteiger partial charge >= 0.3 is 6.18 Å². The molecular formula is C10H8F3NO2S. The number of phenolic OH excluding ortho intramolecular Hbond substituents is 1. The summed E-state index contributed by atoms with van der Waals surface area (Å²) in [7, 11) is 0. The molecule has 92 valence electrons. The molecular weight excluding hydrogens is 255 g/mol. The second kappa shape index (κ2) is 4.70. The molecule has 0 saturated heterocycles.